The van der Waals surface area contributed by atoms with Crippen LogP contribution in [0, 0.1) is 0 Å². The molecule has 234 valence electrons. The molecule has 3 N–H and O–H groups in total. The fourth-order valence-electron chi connectivity index (χ4n) is 3.96. The van der Waals surface area contributed by atoms with Gasteiger partial charge in [0.1, 0.15) is 6.79 Å². The van der Waals surface area contributed by atoms with Gasteiger partial charge < -0.3 is 25.3 Å². The van der Waals surface area contributed by atoms with E-state index in [2.05, 4.69) is 35.7 Å². The smallest absolute Gasteiger partial charge is 0.392 e. The third kappa shape index (κ3) is 19.0. The Hall–Kier alpha value is -2.79. The Labute approximate surface area is 244 Å². The minimum absolute atomic E-state index is 0.0305. The zero-order valence-electron chi connectivity index (χ0n) is 25.1. The van der Waals surface area contributed by atoms with E-state index in [0.29, 0.717) is 6.54 Å². The molecular weight excluding hydrogens is 535 g/mol. The number of amides is 1. The molecule has 2 aliphatic heterocycles. The van der Waals surface area contributed by atoms with Gasteiger partial charge in [0.25, 0.3) is 5.91 Å². The van der Waals surface area contributed by atoms with Crippen LogP contribution in [-0.2, 0) is 14.3 Å². The zero-order chi connectivity index (χ0) is 31.7. The zero-order valence-corrected chi connectivity index (χ0v) is 25.1. The van der Waals surface area contributed by atoms with Crippen molar-refractivity contribution >= 4 is 12.7 Å². The standard InChI is InChI=1S/C11H12F3NO.C10H20N2O.C6H10O.C3H6.CH2O/c1-2-15-10(16)8-5-3-4-6-9(7-8)11(12,13)14;1-11-9-2-5-12(8-9)10-3-6-13-7-4-10;1-3-4-6(2)5-7;1-3-2;1-2/h3-5,7H,2,6H2,1H3,(H,15,16);9-11H,2-8H2,1H3;3-4,7H,2,5H2,1H3;3H,1H2,2H3;1H2/b;;4-3-;;. The summed E-state index contributed by atoms with van der Waals surface area (Å²) in [5.74, 6) is -0.490. The number of rotatable bonds is 6. The van der Waals surface area contributed by atoms with E-state index >= 15 is 0 Å². The summed E-state index contributed by atoms with van der Waals surface area (Å²) in [5, 5.41) is 14.1. The highest BCUT2D eigenvalue weighted by atomic mass is 19.4. The maximum atomic E-state index is 12.5. The second kappa shape index (κ2) is 25.0. The number of likely N-dealkylation sites (tertiary alicyclic amines) is 1. The van der Waals surface area contributed by atoms with Gasteiger partial charge in [0.05, 0.1) is 6.61 Å². The Bertz CT molecular complexity index is 861. The summed E-state index contributed by atoms with van der Waals surface area (Å²) >= 11 is 0. The molecule has 0 aromatic carbocycles. The van der Waals surface area contributed by atoms with Gasteiger partial charge in [0.2, 0.25) is 0 Å². The topological polar surface area (TPSA) is 90.9 Å². The molecule has 10 heteroatoms. The number of hydrogen-bond donors (Lipinski definition) is 3. The second-order valence-electron chi connectivity index (χ2n) is 9.12. The van der Waals surface area contributed by atoms with Crippen molar-refractivity contribution < 1.29 is 32.6 Å². The molecule has 0 aromatic rings. The number of aliphatic hydroxyl groups excluding tert-OH is 1. The highest BCUT2D eigenvalue weighted by Crippen LogP contribution is 2.30. The number of ether oxygens (including phenoxy) is 1. The van der Waals surface area contributed by atoms with Gasteiger partial charge >= 0.3 is 6.18 Å². The number of allylic oxidation sites excluding steroid dienone is 6. The fourth-order valence-corrected chi connectivity index (χ4v) is 3.96. The van der Waals surface area contributed by atoms with Gasteiger partial charge in [-0.1, -0.05) is 37.0 Å². The number of likely N-dealkylation sites (N-methyl/N-ethyl adjacent to an activating group) is 2. The first-order valence-electron chi connectivity index (χ1n) is 13.8. The molecule has 2 saturated heterocycles. The summed E-state index contributed by atoms with van der Waals surface area (Å²) in [7, 11) is 2.07. The van der Waals surface area contributed by atoms with Crippen LogP contribution in [0.15, 0.2) is 72.4 Å². The molecule has 1 unspecified atom stereocenters. The van der Waals surface area contributed by atoms with Gasteiger partial charge in [0.15, 0.2) is 0 Å². The highest BCUT2D eigenvalue weighted by molar-refractivity contribution is 5.96. The first-order chi connectivity index (χ1) is 19.6. The first-order valence-corrected chi connectivity index (χ1v) is 13.8. The Balaban J connectivity index is 0. The molecule has 0 radical (unpaired) electrons. The molecule has 0 aromatic heterocycles. The maximum Gasteiger partial charge on any atom is 0.413 e. The lowest BCUT2D eigenvalue weighted by atomic mass is 10.1. The van der Waals surface area contributed by atoms with Crippen molar-refractivity contribution in [2.45, 2.75) is 64.7 Å². The molecule has 7 nitrogen and oxygen atoms in total. The Morgan fingerprint density at radius 3 is 2.27 bits per heavy atom. The monoisotopic (exact) mass is 585 g/mol. The van der Waals surface area contributed by atoms with E-state index in [-0.39, 0.29) is 18.6 Å². The predicted molar refractivity (Wildman–Crippen MR) is 162 cm³/mol. The minimum atomic E-state index is -4.39. The van der Waals surface area contributed by atoms with Crippen LogP contribution in [0.25, 0.3) is 0 Å². The number of halogens is 3. The number of nitrogens with zero attached hydrogens (tertiary/aromatic N) is 1. The predicted octanol–water partition coefficient (Wildman–Crippen LogP) is 5.08. The molecule has 3 aliphatic rings. The van der Waals surface area contributed by atoms with E-state index in [1.807, 2.05) is 26.7 Å². The Morgan fingerprint density at radius 2 is 1.83 bits per heavy atom. The molecular formula is C31H50F3N3O4. The minimum Gasteiger partial charge on any atom is -0.392 e. The third-order valence-electron chi connectivity index (χ3n) is 5.98. The quantitative estimate of drug-likeness (QED) is 0.298. The van der Waals surface area contributed by atoms with E-state index in [9.17, 15) is 18.0 Å². The number of carbonyl (C=O) groups excluding carboxylic acids is 2. The number of hydrogen-bond acceptors (Lipinski definition) is 6. The molecule has 2 heterocycles. The van der Waals surface area contributed by atoms with Crippen LogP contribution >= 0.6 is 0 Å². The third-order valence-corrected chi connectivity index (χ3v) is 5.98. The molecule has 0 spiro atoms. The van der Waals surface area contributed by atoms with Crippen LogP contribution in [0.4, 0.5) is 13.2 Å². The van der Waals surface area contributed by atoms with Crippen LogP contribution in [-0.4, -0.2) is 87.5 Å². The van der Waals surface area contributed by atoms with E-state index in [4.69, 9.17) is 14.6 Å². The van der Waals surface area contributed by atoms with Crippen molar-refractivity contribution in [2.75, 3.05) is 46.5 Å². The number of carbonyl (C=O) groups is 2. The number of aliphatic hydroxyl groups is 1. The van der Waals surface area contributed by atoms with E-state index in [1.165, 1.54) is 50.6 Å². The Morgan fingerprint density at radius 1 is 1.22 bits per heavy atom. The molecule has 0 saturated carbocycles. The van der Waals surface area contributed by atoms with Crippen molar-refractivity contribution in [2.24, 2.45) is 0 Å². The van der Waals surface area contributed by atoms with Crippen LogP contribution < -0.4 is 10.6 Å². The molecule has 3 rings (SSSR count). The van der Waals surface area contributed by atoms with Crippen LogP contribution in [0.5, 0.6) is 0 Å². The normalized spacial score (nSPS) is 18.8. The first kappa shape index (κ1) is 40.3. The van der Waals surface area contributed by atoms with Crippen molar-refractivity contribution in [1.29, 1.82) is 0 Å². The summed E-state index contributed by atoms with van der Waals surface area (Å²) in [6.07, 6.45) is 9.67. The number of alkyl halides is 3. The highest BCUT2D eigenvalue weighted by Gasteiger charge is 2.33. The van der Waals surface area contributed by atoms with Gasteiger partial charge in [0, 0.05) is 56.1 Å². The van der Waals surface area contributed by atoms with Gasteiger partial charge in [-0.2, -0.15) is 13.2 Å². The van der Waals surface area contributed by atoms with Gasteiger partial charge in [-0.15, -0.1) is 6.58 Å². The fraction of sp³-hybridized carbons (Fsp3) is 0.548. The van der Waals surface area contributed by atoms with Crippen molar-refractivity contribution in [1.82, 2.24) is 15.5 Å². The number of nitrogens with one attached hydrogen (secondary N) is 2. The summed E-state index contributed by atoms with van der Waals surface area (Å²) in [5.41, 5.74) is 0.0733. The second-order valence-corrected chi connectivity index (χ2v) is 9.12. The van der Waals surface area contributed by atoms with E-state index < -0.39 is 17.7 Å². The SMILES string of the molecule is C=C(/C=C\C)CO.C=CC.C=O.CCNC(=O)C1=CC=CCC(C(F)(F)F)=C1.CNC1CCN(C2CCOCC2)C1. The average Bonchev–Trinajstić information content (AvgIpc) is 3.31. The van der Waals surface area contributed by atoms with Gasteiger partial charge in [-0.25, -0.2) is 0 Å². The lowest BCUT2D eigenvalue weighted by Gasteiger charge is -2.30. The summed E-state index contributed by atoms with van der Waals surface area (Å²) in [6.45, 7) is 19.3. The van der Waals surface area contributed by atoms with E-state index in [0.717, 1.165) is 36.9 Å². The molecule has 1 aliphatic carbocycles. The Kier molecular flexibility index (Phi) is 24.6. The molecule has 1 atom stereocenters. The average molecular weight is 586 g/mol. The molecule has 0 bridgehead atoms. The van der Waals surface area contributed by atoms with Gasteiger partial charge in [-0.05, 0) is 71.2 Å². The molecule has 1 amide bonds. The summed E-state index contributed by atoms with van der Waals surface area (Å²) < 4.78 is 42.8. The van der Waals surface area contributed by atoms with Crippen LogP contribution in [0.1, 0.15) is 46.5 Å². The maximum absolute atomic E-state index is 12.5. The summed E-state index contributed by atoms with van der Waals surface area (Å²) in [6, 6.07) is 1.52. The molecule has 41 heavy (non-hydrogen) atoms. The van der Waals surface area contributed by atoms with Crippen LogP contribution in [0.3, 0.4) is 0 Å². The van der Waals surface area contributed by atoms with E-state index in [1.54, 1.807) is 19.1 Å². The van der Waals surface area contributed by atoms with Crippen LogP contribution in [0.2, 0.25) is 0 Å². The molecule has 2 fully saturated rings. The van der Waals surface area contributed by atoms with Gasteiger partial charge in [-0.3, -0.25) is 9.69 Å². The van der Waals surface area contributed by atoms with Crippen molar-refractivity contribution in [3.63, 3.8) is 0 Å². The lowest BCUT2D eigenvalue weighted by Crippen LogP contribution is -2.39. The largest absolute Gasteiger partial charge is 0.413 e. The van der Waals surface area contributed by atoms with Crippen molar-refractivity contribution in [3.8, 4) is 0 Å². The lowest BCUT2D eigenvalue weighted by molar-refractivity contribution is -0.117. The van der Waals surface area contributed by atoms with Crippen molar-refractivity contribution in [3.05, 3.63) is 72.4 Å². The summed E-state index contributed by atoms with van der Waals surface area (Å²) in [4.78, 5) is 22.0.